The van der Waals surface area contributed by atoms with Gasteiger partial charge < -0.3 is 15.6 Å². The lowest BCUT2D eigenvalue weighted by Gasteiger charge is -1.83. The van der Waals surface area contributed by atoms with Crippen LogP contribution in [-0.4, -0.2) is 5.97 Å². The molecule has 0 aliphatic carbocycles. The van der Waals surface area contributed by atoms with Crippen molar-refractivity contribution in [1.82, 2.24) is 0 Å². The van der Waals surface area contributed by atoms with Gasteiger partial charge in [0.05, 0.1) is 5.97 Å². The van der Waals surface area contributed by atoms with Gasteiger partial charge in [0, 0.05) is 0 Å². The summed E-state index contributed by atoms with van der Waals surface area (Å²) in [4.78, 5) is 9.32. The number of carboxylic acids is 1. The fraction of sp³-hybridized carbons (Fsp3) is 0. The van der Waals surface area contributed by atoms with E-state index in [-0.39, 0.29) is 0 Å². The van der Waals surface area contributed by atoms with Crippen molar-refractivity contribution in [1.29, 1.82) is 0 Å². The van der Waals surface area contributed by atoms with Crippen molar-refractivity contribution in [3.8, 4) is 0 Å². The average molecular weight is 86.1 g/mol. The first kappa shape index (κ1) is 5.01. The lowest BCUT2D eigenvalue weighted by atomic mass is 10.6. The van der Waals surface area contributed by atoms with Crippen LogP contribution in [-0.2, 0) is 4.79 Å². The van der Waals surface area contributed by atoms with Gasteiger partial charge in [-0.1, -0.05) is 0 Å². The van der Waals surface area contributed by atoms with Crippen LogP contribution in [0.25, 0.3) is 0 Å². The quantitative estimate of drug-likeness (QED) is 0.383. The van der Waals surface area contributed by atoms with Crippen molar-refractivity contribution in [3.63, 3.8) is 0 Å². The molecule has 0 saturated heterocycles. The lowest BCUT2D eigenvalue weighted by molar-refractivity contribution is -0.297. The zero-order valence-corrected chi connectivity index (χ0v) is 3.05. The Morgan fingerprint density at radius 3 is 2.33 bits per heavy atom. The molecule has 0 aromatic heterocycles. The molecule has 0 saturated carbocycles. The van der Waals surface area contributed by atoms with Gasteiger partial charge >= 0.3 is 0 Å². The molecule has 0 atom stereocenters. The molecule has 0 spiro atoms. The minimum atomic E-state index is -1.27. The molecule has 0 amide bonds. The molecule has 3 nitrogen and oxygen atoms in total. The highest BCUT2D eigenvalue weighted by atomic mass is 16.4. The molecule has 0 aliphatic rings. The highest BCUT2D eigenvalue weighted by molar-refractivity contribution is 5.77. The van der Waals surface area contributed by atoms with Crippen LogP contribution < -0.4 is 10.8 Å². The van der Waals surface area contributed by atoms with Gasteiger partial charge in [0.2, 0.25) is 0 Å². The van der Waals surface area contributed by atoms with Gasteiger partial charge in [-0.3, -0.25) is 0 Å². The molecule has 6 heavy (non-hydrogen) atoms. The Bertz CT molecular complexity index is 76.9. The fourth-order valence-electron chi connectivity index (χ4n) is 0.0786. The van der Waals surface area contributed by atoms with Crippen molar-refractivity contribution < 1.29 is 9.90 Å². The number of carbonyl (C=O) groups excluding carboxylic acids is 1. The number of nitrogens with two attached hydrogens (primary N) is 1. The molecule has 3 heteroatoms. The van der Waals surface area contributed by atoms with Crippen LogP contribution in [0.2, 0.25) is 0 Å². The second kappa shape index (κ2) is 2.26. The molecule has 0 bridgehead atoms. The maximum absolute atomic E-state index is 9.32. The minimum Gasteiger partial charge on any atom is -0.545 e. The monoisotopic (exact) mass is 86.0 g/mol. The first-order chi connectivity index (χ1) is 2.77. The maximum atomic E-state index is 9.32. The van der Waals surface area contributed by atoms with Crippen LogP contribution in [0.3, 0.4) is 0 Å². The van der Waals surface area contributed by atoms with Gasteiger partial charge in [-0.25, -0.2) is 0 Å². The lowest BCUT2D eigenvalue weighted by Crippen LogP contribution is -2.19. The van der Waals surface area contributed by atoms with E-state index in [1.165, 1.54) is 0 Å². The Morgan fingerprint density at radius 2 is 2.33 bits per heavy atom. The summed E-state index contributed by atoms with van der Waals surface area (Å²) in [5.41, 5.74) is 4.63. The summed E-state index contributed by atoms with van der Waals surface area (Å²) in [7, 11) is 0. The van der Waals surface area contributed by atoms with E-state index in [1.54, 1.807) is 0 Å². The van der Waals surface area contributed by atoms with Crippen LogP contribution in [0, 0.1) is 0 Å². The summed E-state index contributed by atoms with van der Waals surface area (Å²) >= 11 is 0. The first-order valence-electron chi connectivity index (χ1n) is 1.36. The molecule has 0 heterocycles. The largest absolute Gasteiger partial charge is 0.545 e. The highest BCUT2D eigenvalue weighted by Gasteiger charge is 1.61. The first-order valence-corrected chi connectivity index (χ1v) is 1.36. The van der Waals surface area contributed by atoms with E-state index >= 15 is 0 Å². The van der Waals surface area contributed by atoms with E-state index in [0.717, 1.165) is 12.3 Å². The summed E-state index contributed by atoms with van der Waals surface area (Å²) in [6.45, 7) is 0. The number of hydrogen-bond donors (Lipinski definition) is 1. The van der Waals surface area contributed by atoms with Gasteiger partial charge in [0.15, 0.2) is 0 Å². The summed E-state index contributed by atoms with van der Waals surface area (Å²) in [6.07, 6.45) is 1.66. The standard InChI is InChI=1S/C3H5NO2/c4-2-1-3(5)6/h1-2H,4H2,(H,5,6)/p-1/b2-1+. The van der Waals surface area contributed by atoms with Crippen LogP contribution in [0.5, 0.6) is 0 Å². The number of carbonyl (C=O) groups is 1. The van der Waals surface area contributed by atoms with E-state index in [2.05, 4.69) is 5.73 Å². The summed E-state index contributed by atoms with van der Waals surface area (Å²) in [6, 6.07) is 0. The molecule has 0 radical (unpaired) electrons. The second-order valence-electron chi connectivity index (χ2n) is 0.678. The van der Waals surface area contributed by atoms with Crippen LogP contribution in [0.4, 0.5) is 0 Å². The smallest absolute Gasteiger partial charge is 0.0657 e. The Balaban J connectivity index is 3.30. The van der Waals surface area contributed by atoms with Crippen LogP contribution >= 0.6 is 0 Å². The van der Waals surface area contributed by atoms with Crippen LogP contribution in [0.15, 0.2) is 12.3 Å². The number of aliphatic carboxylic acids is 1. The van der Waals surface area contributed by atoms with Crippen molar-refractivity contribution in [2.45, 2.75) is 0 Å². The van der Waals surface area contributed by atoms with Crippen molar-refractivity contribution >= 4 is 5.97 Å². The third kappa shape index (κ3) is 3.01. The van der Waals surface area contributed by atoms with Crippen molar-refractivity contribution in [2.24, 2.45) is 5.73 Å². The Hall–Kier alpha value is -0.990. The van der Waals surface area contributed by atoms with Crippen molar-refractivity contribution in [3.05, 3.63) is 12.3 Å². The van der Waals surface area contributed by atoms with Gasteiger partial charge in [-0.05, 0) is 12.3 Å². The Labute approximate surface area is 35.1 Å². The second-order valence-corrected chi connectivity index (χ2v) is 0.678. The van der Waals surface area contributed by atoms with Gasteiger partial charge in [0.1, 0.15) is 0 Å². The molecule has 0 fully saturated rings. The summed E-state index contributed by atoms with van der Waals surface area (Å²) in [5.74, 6) is -1.27. The molecule has 0 rings (SSSR count). The number of rotatable bonds is 1. The van der Waals surface area contributed by atoms with E-state index < -0.39 is 5.97 Å². The third-order valence-corrected chi connectivity index (χ3v) is 0.232. The zero-order valence-electron chi connectivity index (χ0n) is 3.05. The molecule has 0 aromatic rings. The van der Waals surface area contributed by atoms with E-state index in [0.29, 0.717) is 0 Å². The molecule has 0 aromatic carbocycles. The predicted octanol–water partition coefficient (Wildman–Crippen LogP) is -1.79. The molecule has 34 valence electrons. The molecule has 0 unspecified atom stereocenters. The van der Waals surface area contributed by atoms with Crippen molar-refractivity contribution in [2.75, 3.05) is 0 Å². The van der Waals surface area contributed by atoms with E-state index in [9.17, 15) is 9.90 Å². The third-order valence-electron chi connectivity index (χ3n) is 0.232. The topological polar surface area (TPSA) is 66.2 Å². The fourth-order valence-corrected chi connectivity index (χ4v) is 0.0786. The van der Waals surface area contributed by atoms with E-state index in [1.807, 2.05) is 0 Å². The molecule has 0 aliphatic heterocycles. The Morgan fingerprint density at radius 1 is 1.83 bits per heavy atom. The SMILES string of the molecule is N/C=C/C(=O)[O-]. The molecular weight excluding hydrogens is 82.0 g/mol. The minimum absolute atomic E-state index is 0.750. The normalized spacial score (nSPS) is 9.33. The summed E-state index contributed by atoms with van der Waals surface area (Å²) < 4.78 is 0. The maximum Gasteiger partial charge on any atom is 0.0657 e. The van der Waals surface area contributed by atoms with Gasteiger partial charge in [0.25, 0.3) is 0 Å². The number of hydrogen-bond acceptors (Lipinski definition) is 3. The van der Waals surface area contributed by atoms with E-state index in [4.69, 9.17) is 0 Å². The average Bonchev–Trinajstić information content (AvgIpc) is 1.35. The zero-order chi connectivity index (χ0) is 4.99. The Kier molecular flexibility index (Phi) is 1.89. The van der Waals surface area contributed by atoms with Crippen LogP contribution in [0.1, 0.15) is 0 Å². The molecule has 2 N–H and O–H groups in total. The van der Waals surface area contributed by atoms with Gasteiger partial charge in [-0.2, -0.15) is 0 Å². The number of carboxylic acid groups (broad SMARTS) is 1. The summed E-state index contributed by atoms with van der Waals surface area (Å²) in [5, 5.41) is 9.32. The molecular formula is C3H4NO2-. The van der Waals surface area contributed by atoms with Gasteiger partial charge in [-0.15, -0.1) is 0 Å². The highest BCUT2D eigenvalue weighted by Crippen LogP contribution is 1.53. The predicted molar refractivity (Wildman–Crippen MR) is 18.3 cm³/mol.